The summed E-state index contributed by atoms with van der Waals surface area (Å²) >= 11 is 0. The van der Waals surface area contributed by atoms with Crippen molar-refractivity contribution < 1.29 is 45.4 Å². The fourth-order valence-corrected chi connectivity index (χ4v) is 1.64. The van der Waals surface area contributed by atoms with Crippen LogP contribution in [-0.2, 0) is 10.2 Å². The minimum atomic E-state index is -5.99. The first-order valence-corrected chi connectivity index (χ1v) is 7.74. The molecule has 1 aromatic carbocycles. The van der Waals surface area contributed by atoms with E-state index in [1.54, 1.807) is 0 Å². The van der Waals surface area contributed by atoms with Crippen LogP contribution in [0.2, 0.25) is 0 Å². The summed E-state index contributed by atoms with van der Waals surface area (Å²) in [5.41, 5.74) is -6.53. The molecule has 0 aliphatic heterocycles. The van der Waals surface area contributed by atoms with E-state index in [1.807, 2.05) is 0 Å². The van der Waals surface area contributed by atoms with Gasteiger partial charge in [-0.3, -0.25) is 0 Å². The SMILES string of the molecule is CCCC.O=[P+](O)Oc1ccc(C(O)(C(F)(F)F)C(F)(F)F)cc1. The Morgan fingerprint density at radius 2 is 1.33 bits per heavy atom. The van der Waals surface area contributed by atoms with Crippen LogP contribution in [0, 0.1) is 0 Å². The minimum Gasteiger partial charge on any atom is -0.369 e. The Kier molecular flexibility index (Phi) is 8.14. The highest BCUT2D eigenvalue weighted by molar-refractivity contribution is 7.32. The summed E-state index contributed by atoms with van der Waals surface area (Å²) in [4.78, 5) is 8.37. The van der Waals surface area contributed by atoms with Gasteiger partial charge in [-0.1, -0.05) is 38.8 Å². The van der Waals surface area contributed by atoms with Crippen molar-refractivity contribution in [2.75, 3.05) is 0 Å². The van der Waals surface area contributed by atoms with Crippen molar-refractivity contribution in [1.29, 1.82) is 0 Å². The van der Waals surface area contributed by atoms with Crippen LogP contribution < -0.4 is 4.52 Å². The third-order valence-electron chi connectivity index (χ3n) is 2.78. The van der Waals surface area contributed by atoms with E-state index in [-0.39, 0.29) is 0 Å². The summed E-state index contributed by atoms with van der Waals surface area (Å²) in [7, 11) is -3.12. The Labute approximate surface area is 135 Å². The molecule has 0 aromatic heterocycles. The molecule has 0 fully saturated rings. The first kappa shape index (κ1) is 22.6. The van der Waals surface area contributed by atoms with Crippen molar-refractivity contribution in [3.63, 3.8) is 0 Å². The third-order valence-corrected chi connectivity index (χ3v) is 3.14. The van der Waals surface area contributed by atoms with Gasteiger partial charge in [0.2, 0.25) is 0 Å². The molecule has 11 heteroatoms. The number of alkyl halides is 6. The first-order chi connectivity index (χ1) is 10.8. The zero-order valence-electron chi connectivity index (χ0n) is 12.6. The molecule has 4 nitrogen and oxygen atoms in total. The second kappa shape index (κ2) is 8.64. The van der Waals surface area contributed by atoms with Crippen LogP contribution in [0.1, 0.15) is 32.3 Å². The van der Waals surface area contributed by atoms with Gasteiger partial charge in [-0.25, -0.2) is 4.52 Å². The Bertz CT molecular complexity index is 511. The maximum absolute atomic E-state index is 12.5. The highest BCUT2D eigenvalue weighted by Gasteiger charge is 2.71. The molecule has 0 heterocycles. The molecule has 1 atom stereocenters. The molecule has 1 rings (SSSR count). The van der Waals surface area contributed by atoms with Crippen molar-refractivity contribution in [3.8, 4) is 5.75 Å². The average Bonchev–Trinajstić information content (AvgIpc) is 2.44. The van der Waals surface area contributed by atoms with Crippen LogP contribution in [0.4, 0.5) is 26.3 Å². The molecule has 0 saturated heterocycles. The molecule has 0 bridgehead atoms. The molecule has 0 saturated carbocycles. The lowest BCUT2D eigenvalue weighted by atomic mass is 9.92. The Morgan fingerprint density at radius 3 is 1.58 bits per heavy atom. The molecule has 0 radical (unpaired) electrons. The maximum Gasteiger partial charge on any atom is 0.747 e. The second-order valence-corrected chi connectivity index (χ2v) is 5.22. The molecule has 0 aliphatic carbocycles. The van der Waals surface area contributed by atoms with Gasteiger partial charge in [-0.05, 0) is 12.1 Å². The quantitative estimate of drug-likeness (QED) is 0.579. The zero-order valence-corrected chi connectivity index (χ0v) is 13.5. The van der Waals surface area contributed by atoms with E-state index in [0.29, 0.717) is 24.3 Å². The molecule has 0 aliphatic rings. The number of halogens is 6. The number of unbranched alkanes of at least 4 members (excludes halogenated alkanes) is 1. The van der Waals surface area contributed by atoms with Crippen LogP contribution in [0.25, 0.3) is 0 Å². The van der Waals surface area contributed by atoms with Gasteiger partial charge >= 0.3 is 20.6 Å². The van der Waals surface area contributed by atoms with Crippen LogP contribution in [0.3, 0.4) is 0 Å². The fourth-order valence-electron chi connectivity index (χ4n) is 1.34. The van der Waals surface area contributed by atoms with Crippen molar-refractivity contribution >= 4 is 8.25 Å². The van der Waals surface area contributed by atoms with E-state index >= 15 is 0 Å². The lowest BCUT2D eigenvalue weighted by molar-refractivity contribution is -0.376. The second-order valence-electron chi connectivity index (χ2n) is 4.56. The van der Waals surface area contributed by atoms with Crippen molar-refractivity contribution in [2.24, 2.45) is 0 Å². The summed E-state index contributed by atoms with van der Waals surface area (Å²) in [5, 5.41) is 9.03. The molecular formula is C13H16F6O4P+. The van der Waals surface area contributed by atoms with E-state index in [9.17, 15) is 30.9 Å². The van der Waals surface area contributed by atoms with Gasteiger partial charge in [0.15, 0.2) is 5.75 Å². The van der Waals surface area contributed by atoms with Gasteiger partial charge in [0.25, 0.3) is 5.60 Å². The smallest absolute Gasteiger partial charge is 0.369 e. The average molecular weight is 381 g/mol. The molecule has 0 spiro atoms. The number of benzene rings is 1. The summed E-state index contributed by atoms with van der Waals surface area (Å²) in [5.74, 6) is -0.427. The normalized spacial score (nSPS) is 13.0. The van der Waals surface area contributed by atoms with Crippen LogP contribution >= 0.6 is 8.25 Å². The number of aliphatic hydroxyl groups is 1. The first-order valence-electron chi connectivity index (χ1n) is 6.61. The highest BCUT2D eigenvalue weighted by Crippen LogP contribution is 2.50. The maximum atomic E-state index is 12.5. The number of hydrogen-bond donors (Lipinski definition) is 2. The highest BCUT2D eigenvalue weighted by atomic mass is 31.1. The molecule has 0 amide bonds. The van der Waals surface area contributed by atoms with Crippen molar-refractivity contribution in [1.82, 2.24) is 0 Å². The summed E-state index contributed by atoms with van der Waals surface area (Å²) in [6, 6.07) is 1.80. The molecule has 1 unspecified atom stereocenters. The van der Waals surface area contributed by atoms with Crippen LogP contribution in [0.15, 0.2) is 24.3 Å². The standard InChI is InChI=1S/C9H5F6O4P.C4H10/c10-8(11,12)7(16,9(13,14)15)5-1-3-6(4-2-5)19-20(17)18;1-3-4-2/h1-4,16H;3-4H2,1-2H3/p+1. The van der Waals surface area contributed by atoms with E-state index in [1.165, 1.54) is 12.8 Å². The summed E-state index contributed by atoms with van der Waals surface area (Å²) in [6.07, 6.45) is -9.34. The Morgan fingerprint density at radius 1 is 0.958 bits per heavy atom. The number of rotatable bonds is 4. The molecule has 24 heavy (non-hydrogen) atoms. The van der Waals surface area contributed by atoms with E-state index < -0.39 is 37.5 Å². The van der Waals surface area contributed by atoms with Crippen molar-refractivity contribution in [3.05, 3.63) is 29.8 Å². The van der Waals surface area contributed by atoms with E-state index in [0.717, 1.165) is 0 Å². The molecule has 2 N–H and O–H groups in total. The monoisotopic (exact) mass is 381 g/mol. The van der Waals surface area contributed by atoms with E-state index in [4.69, 9.17) is 10.00 Å². The van der Waals surface area contributed by atoms with Crippen LogP contribution in [-0.4, -0.2) is 22.4 Å². The third kappa shape index (κ3) is 5.61. The predicted molar refractivity (Wildman–Crippen MR) is 73.5 cm³/mol. The Balaban J connectivity index is 0.00000118. The molecular weight excluding hydrogens is 365 g/mol. The lowest BCUT2D eigenvalue weighted by Crippen LogP contribution is -2.53. The summed E-state index contributed by atoms with van der Waals surface area (Å²) < 4.78 is 89.5. The molecule has 138 valence electrons. The van der Waals surface area contributed by atoms with Crippen molar-refractivity contribution in [2.45, 2.75) is 44.6 Å². The fraction of sp³-hybridized carbons (Fsp3) is 0.538. The minimum absolute atomic E-state index is 0.301. The zero-order chi connectivity index (χ0) is 19.2. The topological polar surface area (TPSA) is 66.8 Å². The van der Waals surface area contributed by atoms with Gasteiger partial charge in [0.1, 0.15) is 0 Å². The Hall–Kier alpha value is -1.38. The van der Waals surface area contributed by atoms with Gasteiger partial charge in [0.05, 0.1) is 0 Å². The van der Waals surface area contributed by atoms with Gasteiger partial charge in [-0.15, -0.1) is 4.89 Å². The van der Waals surface area contributed by atoms with Gasteiger partial charge in [0, 0.05) is 10.1 Å². The van der Waals surface area contributed by atoms with Gasteiger partial charge in [-0.2, -0.15) is 26.3 Å². The summed E-state index contributed by atoms with van der Waals surface area (Å²) in [6.45, 7) is 4.36. The lowest BCUT2D eigenvalue weighted by Gasteiger charge is -2.32. The van der Waals surface area contributed by atoms with Gasteiger partial charge < -0.3 is 5.11 Å². The largest absolute Gasteiger partial charge is 0.747 e. The van der Waals surface area contributed by atoms with E-state index in [2.05, 4.69) is 18.4 Å². The predicted octanol–water partition coefficient (Wildman–Crippen LogP) is 4.83. The number of hydrogen-bond acceptors (Lipinski definition) is 3. The van der Waals surface area contributed by atoms with Crippen LogP contribution in [0.5, 0.6) is 5.75 Å². The molecule has 1 aromatic rings.